The zero-order valence-corrected chi connectivity index (χ0v) is 9.25. The predicted molar refractivity (Wildman–Crippen MR) is 60.3 cm³/mol. The number of carbonyl (C=O) groups excluding carboxylic acids is 1. The Morgan fingerprint density at radius 3 is 3.06 bits per heavy atom. The maximum absolute atomic E-state index is 13.2. The number of hydrogen-bond acceptors (Lipinski definition) is 3. The van der Waals surface area contributed by atoms with Crippen molar-refractivity contribution in [2.24, 2.45) is 0 Å². The van der Waals surface area contributed by atoms with Crippen LogP contribution in [0.1, 0.15) is 18.4 Å². The van der Waals surface area contributed by atoms with E-state index in [-0.39, 0.29) is 5.82 Å². The molecular formula is C12H13FN2O2. The number of carbonyl (C=O) groups is 1. The number of fused-ring (bicyclic) bond motifs is 2. The molecule has 1 atom stereocenters. The lowest BCUT2D eigenvalue weighted by Gasteiger charge is -2.41. The molecule has 2 heterocycles. The molecular weight excluding hydrogens is 223 g/mol. The number of halogens is 1. The molecule has 1 fully saturated rings. The Hall–Kier alpha value is -1.62. The monoisotopic (exact) mass is 236 g/mol. The van der Waals surface area contributed by atoms with Crippen molar-refractivity contribution in [1.29, 1.82) is 0 Å². The first-order chi connectivity index (χ1) is 8.20. The second-order valence-corrected chi connectivity index (χ2v) is 4.48. The van der Waals surface area contributed by atoms with E-state index in [4.69, 9.17) is 4.74 Å². The minimum atomic E-state index is -0.635. The molecule has 1 amide bonds. The van der Waals surface area contributed by atoms with Gasteiger partial charge in [0.1, 0.15) is 5.82 Å². The van der Waals surface area contributed by atoms with Crippen molar-refractivity contribution in [3.05, 3.63) is 29.6 Å². The lowest BCUT2D eigenvalue weighted by Crippen LogP contribution is -2.49. The highest BCUT2D eigenvalue weighted by Gasteiger charge is 2.42. The molecule has 3 rings (SSSR count). The van der Waals surface area contributed by atoms with Crippen molar-refractivity contribution in [2.75, 3.05) is 18.4 Å². The number of nitrogens with one attached hydrogen (secondary N) is 2. The highest BCUT2D eigenvalue weighted by molar-refractivity contribution is 5.88. The van der Waals surface area contributed by atoms with Crippen LogP contribution in [0.25, 0.3) is 0 Å². The molecule has 1 spiro atoms. The first-order valence-electron chi connectivity index (χ1n) is 5.70. The topological polar surface area (TPSA) is 50.4 Å². The van der Waals surface area contributed by atoms with Crippen LogP contribution in [-0.4, -0.2) is 19.2 Å². The van der Waals surface area contributed by atoms with Gasteiger partial charge in [0.2, 0.25) is 0 Å². The maximum atomic E-state index is 13.2. The van der Waals surface area contributed by atoms with Crippen LogP contribution in [0.3, 0.4) is 0 Å². The molecule has 5 heteroatoms. The number of piperidine rings is 1. The van der Waals surface area contributed by atoms with Crippen LogP contribution < -0.4 is 10.6 Å². The van der Waals surface area contributed by atoms with Gasteiger partial charge >= 0.3 is 6.09 Å². The van der Waals surface area contributed by atoms with Gasteiger partial charge in [-0.1, -0.05) is 0 Å². The van der Waals surface area contributed by atoms with Gasteiger partial charge in [-0.3, -0.25) is 5.32 Å². The summed E-state index contributed by atoms with van der Waals surface area (Å²) in [6.45, 7) is 1.50. The molecule has 0 saturated carbocycles. The third-order valence-corrected chi connectivity index (χ3v) is 3.34. The standard InChI is InChI=1S/C12H13FN2O2/c13-8-2-3-9-10(6-8)15-11(16)17-12(9)4-1-5-14-7-12/h2-3,6,14H,1,4-5,7H2,(H,15,16). The second kappa shape index (κ2) is 3.70. The molecule has 0 bridgehead atoms. The van der Waals surface area contributed by atoms with Gasteiger partial charge in [-0.15, -0.1) is 0 Å². The van der Waals surface area contributed by atoms with Crippen LogP contribution in [-0.2, 0) is 10.3 Å². The van der Waals surface area contributed by atoms with Crippen LogP contribution in [0.2, 0.25) is 0 Å². The van der Waals surface area contributed by atoms with Crippen LogP contribution in [0.4, 0.5) is 14.9 Å². The number of ether oxygens (including phenoxy) is 1. The summed E-state index contributed by atoms with van der Waals surface area (Å²) in [5, 5.41) is 5.77. The van der Waals surface area contributed by atoms with Crippen molar-refractivity contribution < 1.29 is 13.9 Å². The van der Waals surface area contributed by atoms with E-state index in [9.17, 15) is 9.18 Å². The van der Waals surface area contributed by atoms with E-state index in [0.717, 1.165) is 24.9 Å². The van der Waals surface area contributed by atoms with Crippen LogP contribution in [0.5, 0.6) is 0 Å². The quantitative estimate of drug-likeness (QED) is 0.724. The normalized spacial score (nSPS) is 27.2. The van der Waals surface area contributed by atoms with Crippen molar-refractivity contribution in [1.82, 2.24) is 5.32 Å². The van der Waals surface area contributed by atoms with Gasteiger partial charge in [0.25, 0.3) is 0 Å². The molecule has 0 radical (unpaired) electrons. The van der Waals surface area contributed by atoms with Gasteiger partial charge in [-0.25, -0.2) is 9.18 Å². The maximum Gasteiger partial charge on any atom is 0.412 e. The number of amides is 1. The molecule has 17 heavy (non-hydrogen) atoms. The summed E-state index contributed by atoms with van der Waals surface area (Å²) in [4.78, 5) is 11.5. The van der Waals surface area contributed by atoms with Gasteiger partial charge in [0, 0.05) is 12.1 Å². The lowest BCUT2D eigenvalue weighted by molar-refractivity contribution is -0.00729. The number of rotatable bonds is 0. The Bertz CT molecular complexity index is 470. The summed E-state index contributed by atoms with van der Waals surface area (Å²) in [5.41, 5.74) is 0.736. The predicted octanol–water partition coefficient (Wildman–Crippen LogP) is 1.97. The van der Waals surface area contributed by atoms with Gasteiger partial charge in [0.05, 0.1) is 5.69 Å². The van der Waals surface area contributed by atoms with Crippen molar-refractivity contribution in [3.63, 3.8) is 0 Å². The SMILES string of the molecule is O=C1Nc2cc(F)ccc2C2(CCCNC2)O1. The number of hydrogen-bond donors (Lipinski definition) is 2. The zero-order valence-electron chi connectivity index (χ0n) is 9.25. The van der Waals surface area contributed by atoms with E-state index in [1.165, 1.54) is 12.1 Å². The summed E-state index contributed by atoms with van der Waals surface area (Å²) < 4.78 is 18.6. The second-order valence-electron chi connectivity index (χ2n) is 4.48. The largest absolute Gasteiger partial charge is 0.436 e. The molecule has 1 aromatic rings. The highest BCUT2D eigenvalue weighted by atomic mass is 19.1. The minimum Gasteiger partial charge on any atom is -0.436 e. The van der Waals surface area contributed by atoms with E-state index < -0.39 is 11.7 Å². The van der Waals surface area contributed by atoms with E-state index in [2.05, 4.69) is 10.6 Å². The zero-order chi connectivity index (χ0) is 11.9. The minimum absolute atomic E-state index is 0.357. The average molecular weight is 236 g/mol. The van der Waals surface area contributed by atoms with Crippen LogP contribution in [0.15, 0.2) is 18.2 Å². The van der Waals surface area contributed by atoms with E-state index in [0.29, 0.717) is 12.2 Å². The first-order valence-corrected chi connectivity index (χ1v) is 5.70. The van der Waals surface area contributed by atoms with E-state index in [1.807, 2.05) is 0 Å². The number of benzene rings is 1. The van der Waals surface area contributed by atoms with Crippen molar-refractivity contribution in [3.8, 4) is 0 Å². The molecule has 0 aromatic heterocycles. The van der Waals surface area contributed by atoms with E-state index >= 15 is 0 Å². The van der Waals surface area contributed by atoms with Crippen molar-refractivity contribution >= 4 is 11.8 Å². The Kier molecular flexibility index (Phi) is 2.29. The van der Waals surface area contributed by atoms with Crippen LogP contribution >= 0.6 is 0 Å². The summed E-state index contributed by atoms with van der Waals surface area (Å²) in [7, 11) is 0. The fourth-order valence-corrected chi connectivity index (χ4v) is 2.58. The van der Waals surface area contributed by atoms with Gasteiger partial charge in [-0.05, 0) is 37.6 Å². The summed E-state index contributed by atoms with van der Waals surface area (Å²) in [6, 6.07) is 4.43. The summed E-state index contributed by atoms with van der Waals surface area (Å²) in [5.74, 6) is -0.357. The molecule has 2 aliphatic heterocycles. The third kappa shape index (κ3) is 1.67. The molecule has 1 aromatic carbocycles. The summed E-state index contributed by atoms with van der Waals surface area (Å²) in [6.07, 6.45) is 1.20. The molecule has 2 N–H and O–H groups in total. The van der Waals surface area contributed by atoms with E-state index in [1.54, 1.807) is 6.07 Å². The Labute approximate surface area is 98.1 Å². The average Bonchev–Trinajstić information content (AvgIpc) is 2.29. The Balaban J connectivity index is 2.09. The fraction of sp³-hybridized carbons (Fsp3) is 0.417. The molecule has 4 nitrogen and oxygen atoms in total. The third-order valence-electron chi connectivity index (χ3n) is 3.34. The first kappa shape index (κ1) is 10.5. The summed E-state index contributed by atoms with van der Waals surface area (Å²) >= 11 is 0. The number of anilines is 1. The van der Waals surface area contributed by atoms with Gasteiger partial charge < -0.3 is 10.1 Å². The highest BCUT2D eigenvalue weighted by Crippen LogP contribution is 2.40. The fourth-order valence-electron chi connectivity index (χ4n) is 2.58. The lowest BCUT2D eigenvalue weighted by atomic mass is 9.84. The molecule has 90 valence electrons. The van der Waals surface area contributed by atoms with Gasteiger partial charge in [-0.2, -0.15) is 0 Å². The molecule has 2 aliphatic rings. The Morgan fingerprint density at radius 2 is 2.29 bits per heavy atom. The smallest absolute Gasteiger partial charge is 0.412 e. The Morgan fingerprint density at radius 1 is 1.41 bits per heavy atom. The molecule has 0 aliphatic carbocycles. The van der Waals surface area contributed by atoms with Crippen molar-refractivity contribution in [2.45, 2.75) is 18.4 Å². The van der Waals surface area contributed by atoms with Crippen LogP contribution in [0, 0.1) is 5.82 Å². The van der Waals surface area contributed by atoms with Gasteiger partial charge in [0.15, 0.2) is 5.60 Å². The molecule has 1 saturated heterocycles. The molecule has 1 unspecified atom stereocenters.